The average molecular weight is 522 g/mol. The van der Waals surface area contributed by atoms with Crippen molar-refractivity contribution in [3.05, 3.63) is 105 Å². The maximum absolute atomic E-state index is 13.6. The molecule has 1 aliphatic carbocycles. The third-order valence-corrected chi connectivity index (χ3v) is 5.26. The smallest absolute Gasteiger partial charge is 0.355 e. The Labute approximate surface area is 218 Å². The first-order valence-corrected chi connectivity index (χ1v) is 11.7. The molecule has 11 heteroatoms. The van der Waals surface area contributed by atoms with Crippen molar-refractivity contribution in [2.24, 2.45) is 4.99 Å². The second-order valence-electron chi connectivity index (χ2n) is 8.51. The van der Waals surface area contributed by atoms with E-state index in [1.807, 2.05) is 0 Å². The SMILES string of the molecule is C=C/C=C(\N=C(C)Oc1ccc(Nc2nc(=O)n(C(C)C)c(=O)n2CC2=CC=C(F)C=CC2)cc1)C(=O)O. The molecule has 1 aromatic carbocycles. The summed E-state index contributed by atoms with van der Waals surface area (Å²) in [6, 6.07) is 6.06. The minimum atomic E-state index is -1.22. The molecule has 0 saturated heterocycles. The van der Waals surface area contributed by atoms with Crippen LogP contribution in [-0.2, 0) is 11.3 Å². The summed E-state index contributed by atoms with van der Waals surface area (Å²) in [7, 11) is 0. The predicted octanol–water partition coefficient (Wildman–Crippen LogP) is 4.42. The normalized spacial score (nSPS) is 14.0. The van der Waals surface area contributed by atoms with E-state index in [4.69, 9.17) is 9.84 Å². The van der Waals surface area contributed by atoms with Crippen LogP contribution in [0.15, 0.2) is 99.0 Å². The number of anilines is 2. The molecule has 0 aliphatic heterocycles. The van der Waals surface area contributed by atoms with Gasteiger partial charge in [0.15, 0.2) is 11.6 Å². The molecule has 0 radical (unpaired) electrons. The number of carboxylic acids is 1. The summed E-state index contributed by atoms with van der Waals surface area (Å²) in [5, 5.41) is 12.2. The first-order valence-electron chi connectivity index (χ1n) is 11.7. The van der Waals surface area contributed by atoms with Crippen LogP contribution in [0.3, 0.4) is 0 Å². The maximum Gasteiger partial charge on any atom is 0.355 e. The Morgan fingerprint density at radius 2 is 2.00 bits per heavy atom. The largest absolute Gasteiger partial charge is 0.477 e. The highest BCUT2D eigenvalue weighted by Crippen LogP contribution is 2.20. The Morgan fingerprint density at radius 1 is 1.29 bits per heavy atom. The third-order valence-electron chi connectivity index (χ3n) is 5.26. The van der Waals surface area contributed by atoms with Crippen molar-refractivity contribution in [1.82, 2.24) is 14.1 Å². The second kappa shape index (κ2) is 12.4. The van der Waals surface area contributed by atoms with Gasteiger partial charge in [0.2, 0.25) is 5.95 Å². The summed E-state index contributed by atoms with van der Waals surface area (Å²) in [6.45, 7) is 8.49. The van der Waals surface area contributed by atoms with Crippen molar-refractivity contribution >= 4 is 23.5 Å². The van der Waals surface area contributed by atoms with E-state index < -0.39 is 29.2 Å². The molecule has 0 saturated carbocycles. The van der Waals surface area contributed by atoms with E-state index in [1.54, 1.807) is 50.3 Å². The molecule has 0 amide bonds. The highest BCUT2D eigenvalue weighted by molar-refractivity contribution is 5.90. The number of hydrogen-bond acceptors (Lipinski definition) is 7. The molecular weight excluding hydrogens is 493 g/mol. The molecular formula is C27H28FN5O5. The van der Waals surface area contributed by atoms with Gasteiger partial charge in [-0.15, -0.1) is 0 Å². The minimum absolute atomic E-state index is 0.0301. The van der Waals surface area contributed by atoms with Gasteiger partial charge in [-0.05, 0) is 68.3 Å². The number of hydrogen-bond donors (Lipinski definition) is 2. The van der Waals surface area contributed by atoms with E-state index in [0.717, 1.165) is 10.1 Å². The Hall–Kier alpha value is -4.80. The average Bonchev–Trinajstić information content (AvgIpc) is 3.05. The van der Waals surface area contributed by atoms with Crippen LogP contribution < -0.4 is 21.4 Å². The first-order chi connectivity index (χ1) is 18.1. The van der Waals surface area contributed by atoms with E-state index in [1.165, 1.54) is 35.8 Å². The summed E-state index contributed by atoms with van der Waals surface area (Å²) in [5.74, 6) is -1.10. The Kier molecular flexibility index (Phi) is 9.09. The molecule has 0 fully saturated rings. The number of nitrogens with zero attached hydrogens (tertiary/aromatic N) is 4. The van der Waals surface area contributed by atoms with Crippen LogP contribution in [-0.4, -0.2) is 31.1 Å². The Morgan fingerprint density at radius 3 is 2.63 bits per heavy atom. The van der Waals surface area contributed by atoms with E-state index in [-0.39, 0.29) is 24.1 Å². The molecule has 1 aromatic heterocycles. The number of ether oxygens (including phenoxy) is 1. The van der Waals surface area contributed by atoms with Crippen molar-refractivity contribution in [3.8, 4) is 5.75 Å². The summed E-state index contributed by atoms with van der Waals surface area (Å²) in [5.41, 5.74) is -0.214. The van der Waals surface area contributed by atoms with Crippen LogP contribution in [0.5, 0.6) is 5.75 Å². The second-order valence-corrected chi connectivity index (χ2v) is 8.51. The summed E-state index contributed by atoms with van der Waals surface area (Å²) in [6.07, 6.45) is 8.92. The molecule has 198 valence electrons. The highest BCUT2D eigenvalue weighted by atomic mass is 19.1. The molecule has 1 aliphatic rings. The number of allylic oxidation sites excluding steroid dienone is 8. The van der Waals surface area contributed by atoms with Gasteiger partial charge in [-0.3, -0.25) is 4.57 Å². The minimum Gasteiger partial charge on any atom is -0.477 e. The fourth-order valence-corrected chi connectivity index (χ4v) is 3.52. The lowest BCUT2D eigenvalue weighted by molar-refractivity contribution is -0.132. The lowest BCUT2D eigenvalue weighted by Crippen LogP contribution is -2.43. The number of rotatable bonds is 9. The maximum atomic E-state index is 13.6. The number of nitrogens with one attached hydrogen (secondary N) is 1. The number of benzene rings is 1. The predicted molar refractivity (Wildman–Crippen MR) is 144 cm³/mol. The van der Waals surface area contributed by atoms with Crippen molar-refractivity contribution in [2.45, 2.75) is 39.8 Å². The van der Waals surface area contributed by atoms with Gasteiger partial charge >= 0.3 is 17.3 Å². The van der Waals surface area contributed by atoms with E-state index in [0.29, 0.717) is 17.9 Å². The van der Waals surface area contributed by atoms with Crippen LogP contribution >= 0.6 is 0 Å². The number of carbonyl (C=O) groups is 1. The molecule has 0 spiro atoms. The van der Waals surface area contributed by atoms with Gasteiger partial charge in [-0.25, -0.2) is 28.3 Å². The zero-order valence-electron chi connectivity index (χ0n) is 21.2. The van der Waals surface area contributed by atoms with Gasteiger partial charge in [0, 0.05) is 18.7 Å². The van der Waals surface area contributed by atoms with Crippen LogP contribution in [0.25, 0.3) is 0 Å². The highest BCUT2D eigenvalue weighted by Gasteiger charge is 2.17. The van der Waals surface area contributed by atoms with E-state index in [9.17, 15) is 18.8 Å². The molecule has 2 N–H and O–H groups in total. The number of aromatic nitrogens is 3. The van der Waals surface area contributed by atoms with Crippen molar-refractivity contribution in [2.75, 3.05) is 5.32 Å². The van der Waals surface area contributed by atoms with Crippen LogP contribution in [0.2, 0.25) is 0 Å². The first kappa shape index (κ1) is 27.8. The van der Waals surface area contributed by atoms with Gasteiger partial charge in [0.05, 0.1) is 6.54 Å². The zero-order chi connectivity index (χ0) is 27.8. The van der Waals surface area contributed by atoms with Crippen molar-refractivity contribution < 1.29 is 19.0 Å². The number of halogens is 1. The molecule has 2 aromatic rings. The lowest BCUT2D eigenvalue weighted by Gasteiger charge is -2.18. The number of aliphatic carboxylic acids is 1. The quantitative estimate of drug-likeness (QED) is 0.216. The fourth-order valence-electron chi connectivity index (χ4n) is 3.52. The van der Waals surface area contributed by atoms with Crippen LogP contribution in [0.1, 0.15) is 33.2 Å². The summed E-state index contributed by atoms with van der Waals surface area (Å²) < 4.78 is 21.6. The molecule has 10 nitrogen and oxygen atoms in total. The van der Waals surface area contributed by atoms with Gasteiger partial charge in [-0.1, -0.05) is 24.8 Å². The van der Waals surface area contributed by atoms with E-state index >= 15 is 0 Å². The number of carboxylic acid groups (broad SMARTS) is 1. The molecule has 3 rings (SSSR count). The van der Waals surface area contributed by atoms with Crippen LogP contribution in [0, 0.1) is 0 Å². The van der Waals surface area contributed by atoms with Crippen molar-refractivity contribution in [3.63, 3.8) is 0 Å². The van der Waals surface area contributed by atoms with Crippen molar-refractivity contribution in [1.29, 1.82) is 0 Å². The topological polar surface area (TPSA) is 128 Å². The van der Waals surface area contributed by atoms with Gasteiger partial charge < -0.3 is 15.2 Å². The molecule has 0 unspecified atom stereocenters. The van der Waals surface area contributed by atoms with Gasteiger partial charge in [-0.2, -0.15) is 4.98 Å². The fraction of sp³-hybridized carbons (Fsp3) is 0.222. The Bertz CT molecular complexity index is 1490. The third kappa shape index (κ3) is 7.12. The zero-order valence-corrected chi connectivity index (χ0v) is 21.2. The number of aliphatic imine (C=N–C) groups is 1. The van der Waals surface area contributed by atoms with E-state index in [2.05, 4.69) is 21.9 Å². The monoisotopic (exact) mass is 521 g/mol. The molecule has 0 bridgehead atoms. The summed E-state index contributed by atoms with van der Waals surface area (Å²) in [4.78, 5) is 45.1. The molecule has 38 heavy (non-hydrogen) atoms. The molecule has 0 atom stereocenters. The Balaban J connectivity index is 1.90. The molecule has 1 heterocycles. The van der Waals surface area contributed by atoms with Gasteiger partial charge in [0.25, 0.3) is 0 Å². The lowest BCUT2D eigenvalue weighted by atomic mass is 10.2. The van der Waals surface area contributed by atoms with Crippen LogP contribution in [0.4, 0.5) is 16.0 Å². The standard InChI is InChI=1S/C27H28FN5O5/c1-5-7-23(24(34)35)29-18(4)38-22-14-12-21(13-15-22)30-25-31-26(36)33(17(2)3)27(37)32(25)16-19-8-6-9-20(28)11-10-19/h5-7,9-15,17H,1,8,16H2,2-4H3,(H,34,35)(H,30,31,36)/b23-7-,29-18?. The van der Waals surface area contributed by atoms with Gasteiger partial charge in [0.1, 0.15) is 11.6 Å². The summed E-state index contributed by atoms with van der Waals surface area (Å²) >= 11 is 0.